The lowest BCUT2D eigenvalue weighted by Gasteiger charge is -2.27. The van der Waals surface area contributed by atoms with Crippen molar-refractivity contribution in [3.8, 4) is 11.3 Å². The van der Waals surface area contributed by atoms with Gasteiger partial charge in [-0.25, -0.2) is 0 Å². The van der Waals surface area contributed by atoms with Crippen LogP contribution in [0.25, 0.3) is 11.3 Å². The summed E-state index contributed by atoms with van der Waals surface area (Å²) < 4.78 is 0. The monoisotopic (exact) mass is 298 g/mol. The van der Waals surface area contributed by atoms with Crippen molar-refractivity contribution < 1.29 is 4.79 Å². The van der Waals surface area contributed by atoms with Crippen LogP contribution in [0.3, 0.4) is 0 Å². The van der Waals surface area contributed by atoms with Crippen LogP contribution in [0.1, 0.15) is 32.1 Å². The van der Waals surface area contributed by atoms with Gasteiger partial charge in [0.05, 0.1) is 5.69 Å². The molecule has 1 aliphatic carbocycles. The summed E-state index contributed by atoms with van der Waals surface area (Å²) in [6.07, 6.45) is 6.68. The molecule has 0 bridgehead atoms. The number of aromatic amines is 1. The quantitative estimate of drug-likeness (QED) is 0.811. The molecular weight excluding hydrogens is 276 g/mol. The molecule has 1 saturated carbocycles. The van der Waals surface area contributed by atoms with Gasteiger partial charge in [0.15, 0.2) is 0 Å². The minimum Gasteiger partial charge on any atom is -0.327 e. The molecule has 2 atom stereocenters. The molecule has 4 N–H and O–H groups in total. The molecule has 1 amide bonds. The second kappa shape index (κ2) is 6.75. The van der Waals surface area contributed by atoms with Crippen molar-refractivity contribution in [1.82, 2.24) is 10.2 Å². The van der Waals surface area contributed by atoms with Crippen molar-refractivity contribution in [1.29, 1.82) is 0 Å². The Balaban J connectivity index is 1.63. The fraction of sp³-hybridized carbons (Fsp3) is 0.412. The van der Waals surface area contributed by atoms with Crippen LogP contribution in [0, 0.1) is 5.92 Å². The zero-order valence-corrected chi connectivity index (χ0v) is 12.6. The molecule has 1 aromatic heterocycles. The van der Waals surface area contributed by atoms with Gasteiger partial charge >= 0.3 is 0 Å². The zero-order valence-electron chi connectivity index (χ0n) is 12.6. The van der Waals surface area contributed by atoms with Crippen LogP contribution in [-0.4, -0.2) is 22.1 Å². The van der Waals surface area contributed by atoms with Crippen LogP contribution in [-0.2, 0) is 4.79 Å². The Morgan fingerprint density at radius 3 is 2.95 bits per heavy atom. The number of nitrogens with two attached hydrogens (primary N) is 1. The number of hydrogen-bond acceptors (Lipinski definition) is 3. The maximum atomic E-state index is 12.2. The van der Waals surface area contributed by atoms with Crippen LogP contribution >= 0.6 is 0 Å². The molecule has 1 fully saturated rings. The molecule has 0 radical (unpaired) electrons. The van der Waals surface area contributed by atoms with E-state index in [-0.39, 0.29) is 11.9 Å². The molecule has 5 nitrogen and oxygen atoms in total. The van der Waals surface area contributed by atoms with Gasteiger partial charge in [-0.1, -0.05) is 25.0 Å². The van der Waals surface area contributed by atoms with E-state index >= 15 is 0 Å². The summed E-state index contributed by atoms with van der Waals surface area (Å²) in [5.74, 6) is 0.355. The number of nitrogens with one attached hydrogen (secondary N) is 2. The molecule has 22 heavy (non-hydrogen) atoms. The predicted molar refractivity (Wildman–Crippen MR) is 87.2 cm³/mol. The topological polar surface area (TPSA) is 83.8 Å². The Hall–Kier alpha value is -2.14. The third-order valence-electron chi connectivity index (χ3n) is 4.37. The molecule has 0 aliphatic heterocycles. The number of benzene rings is 1. The number of carbonyl (C=O) groups is 1. The van der Waals surface area contributed by atoms with Gasteiger partial charge in [-0.15, -0.1) is 0 Å². The molecule has 1 heterocycles. The van der Waals surface area contributed by atoms with E-state index in [0.29, 0.717) is 12.3 Å². The zero-order chi connectivity index (χ0) is 15.4. The highest BCUT2D eigenvalue weighted by Gasteiger charge is 2.24. The van der Waals surface area contributed by atoms with E-state index in [2.05, 4.69) is 15.5 Å². The van der Waals surface area contributed by atoms with Gasteiger partial charge in [0, 0.05) is 29.9 Å². The Morgan fingerprint density at radius 1 is 1.32 bits per heavy atom. The Kier molecular flexibility index (Phi) is 4.53. The maximum absolute atomic E-state index is 12.2. The standard InChI is InChI=1S/C17H22N4O/c18-15-7-2-1-4-12(15)11-17(22)20-14-6-3-5-13(10-14)16-8-9-19-21-16/h3,5-6,8-10,12,15H,1-2,4,7,11,18H2,(H,19,21)(H,20,22). The van der Waals surface area contributed by atoms with Gasteiger partial charge in [-0.05, 0) is 37.0 Å². The highest BCUT2D eigenvalue weighted by molar-refractivity contribution is 5.91. The first-order valence-corrected chi connectivity index (χ1v) is 7.87. The number of nitrogens with zero attached hydrogens (tertiary/aromatic N) is 1. The Morgan fingerprint density at radius 2 is 2.18 bits per heavy atom. The third-order valence-corrected chi connectivity index (χ3v) is 4.37. The van der Waals surface area contributed by atoms with Crippen LogP contribution in [0.15, 0.2) is 36.5 Å². The number of amides is 1. The summed E-state index contributed by atoms with van der Waals surface area (Å²) in [6, 6.07) is 9.83. The number of aromatic nitrogens is 2. The normalized spacial score (nSPS) is 21.5. The molecule has 2 unspecified atom stereocenters. The SMILES string of the molecule is NC1CCCCC1CC(=O)Nc1cccc(-c2ccn[nH]2)c1. The van der Waals surface area contributed by atoms with E-state index in [4.69, 9.17) is 5.73 Å². The predicted octanol–water partition coefficient (Wildman–Crippen LogP) is 2.92. The van der Waals surface area contributed by atoms with Crippen LogP contribution in [0.2, 0.25) is 0 Å². The molecule has 116 valence electrons. The lowest BCUT2D eigenvalue weighted by Crippen LogP contribution is -2.35. The van der Waals surface area contributed by atoms with Gasteiger partial charge < -0.3 is 11.1 Å². The average Bonchev–Trinajstić information content (AvgIpc) is 3.04. The first-order chi connectivity index (χ1) is 10.7. The minimum atomic E-state index is 0.0455. The Labute approximate surface area is 130 Å². The van der Waals surface area contributed by atoms with E-state index in [9.17, 15) is 4.79 Å². The van der Waals surface area contributed by atoms with Crippen molar-refractivity contribution in [3.05, 3.63) is 36.5 Å². The number of hydrogen-bond donors (Lipinski definition) is 3. The molecule has 1 aliphatic rings. The third kappa shape index (κ3) is 3.54. The van der Waals surface area contributed by atoms with Crippen LogP contribution < -0.4 is 11.1 Å². The molecule has 2 aromatic rings. The van der Waals surface area contributed by atoms with Gasteiger partial charge in [-0.2, -0.15) is 5.10 Å². The van der Waals surface area contributed by atoms with Crippen molar-refractivity contribution >= 4 is 11.6 Å². The number of H-pyrrole nitrogens is 1. The molecule has 5 heteroatoms. The first kappa shape index (κ1) is 14.8. The van der Waals surface area contributed by atoms with Crippen LogP contribution in [0.4, 0.5) is 5.69 Å². The van der Waals surface area contributed by atoms with E-state index in [1.54, 1.807) is 6.20 Å². The van der Waals surface area contributed by atoms with E-state index in [1.165, 1.54) is 12.8 Å². The number of anilines is 1. The van der Waals surface area contributed by atoms with E-state index in [1.807, 2.05) is 30.3 Å². The summed E-state index contributed by atoms with van der Waals surface area (Å²) in [6.45, 7) is 0. The lowest BCUT2D eigenvalue weighted by atomic mass is 9.83. The fourth-order valence-electron chi connectivity index (χ4n) is 3.12. The molecule has 0 spiro atoms. The van der Waals surface area contributed by atoms with Crippen LogP contribution in [0.5, 0.6) is 0 Å². The van der Waals surface area contributed by atoms with E-state index in [0.717, 1.165) is 29.8 Å². The maximum Gasteiger partial charge on any atom is 0.224 e. The van der Waals surface area contributed by atoms with Gasteiger partial charge in [0.2, 0.25) is 5.91 Å². The molecule has 3 rings (SSSR count). The van der Waals surface area contributed by atoms with Gasteiger partial charge in [-0.3, -0.25) is 9.89 Å². The first-order valence-electron chi connectivity index (χ1n) is 7.87. The Bertz CT molecular complexity index is 623. The van der Waals surface area contributed by atoms with E-state index < -0.39 is 0 Å². The fourth-order valence-corrected chi connectivity index (χ4v) is 3.12. The van der Waals surface area contributed by atoms with Gasteiger partial charge in [0.1, 0.15) is 0 Å². The largest absolute Gasteiger partial charge is 0.327 e. The molecule has 0 saturated heterocycles. The highest BCUT2D eigenvalue weighted by atomic mass is 16.1. The van der Waals surface area contributed by atoms with Crippen molar-refractivity contribution in [2.45, 2.75) is 38.1 Å². The molecule has 1 aromatic carbocycles. The summed E-state index contributed by atoms with van der Waals surface area (Å²) in [5, 5.41) is 9.86. The second-order valence-corrected chi connectivity index (χ2v) is 6.01. The minimum absolute atomic E-state index is 0.0455. The number of carbonyl (C=O) groups excluding carboxylic acids is 1. The summed E-state index contributed by atoms with van der Waals surface area (Å²) in [4.78, 5) is 12.2. The highest BCUT2D eigenvalue weighted by Crippen LogP contribution is 2.26. The number of rotatable bonds is 4. The van der Waals surface area contributed by atoms with Crippen molar-refractivity contribution in [2.24, 2.45) is 11.7 Å². The average molecular weight is 298 g/mol. The van der Waals surface area contributed by atoms with Crippen molar-refractivity contribution in [2.75, 3.05) is 5.32 Å². The summed E-state index contributed by atoms with van der Waals surface area (Å²) in [5.41, 5.74) is 8.86. The summed E-state index contributed by atoms with van der Waals surface area (Å²) >= 11 is 0. The van der Waals surface area contributed by atoms with Gasteiger partial charge in [0.25, 0.3) is 0 Å². The molecular formula is C17H22N4O. The smallest absolute Gasteiger partial charge is 0.224 e. The van der Waals surface area contributed by atoms with Crippen molar-refractivity contribution in [3.63, 3.8) is 0 Å². The lowest BCUT2D eigenvalue weighted by molar-refractivity contribution is -0.117. The second-order valence-electron chi connectivity index (χ2n) is 6.01. The summed E-state index contributed by atoms with van der Waals surface area (Å²) in [7, 11) is 0.